The lowest BCUT2D eigenvalue weighted by molar-refractivity contribution is 0.102. The van der Waals surface area contributed by atoms with E-state index in [0.29, 0.717) is 22.5 Å². The van der Waals surface area contributed by atoms with Gasteiger partial charge in [-0.1, -0.05) is 0 Å². The second-order valence-corrected chi connectivity index (χ2v) is 6.74. The van der Waals surface area contributed by atoms with Crippen molar-refractivity contribution in [1.82, 2.24) is 10.2 Å². The Morgan fingerprint density at radius 2 is 1.39 bits per heavy atom. The van der Waals surface area contributed by atoms with Crippen LogP contribution in [-0.2, 0) is 0 Å². The number of nitrogens with zero attached hydrogens (tertiary/aromatic N) is 2. The predicted molar refractivity (Wildman–Crippen MR) is 111 cm³/mol. The average molecular weight is 377 g/mol. The van der Waals surface area contributed by atoms with E-state index in [4.69, 9.17) is 0 Å². The van der Waals surface area contributed by atoms with E-state index in [1.54, 1.807) is 36.4 Å². The van der Waals surface area contributed by atoms with Gasteiger partial charge in [0.15, 0.2) is 0 Å². The Morgan fingerprint density at radius 1 is 0.857 bits per heavy atom. The van der Waals surface area contributed by atoms with Crippen LogP contribution < -0.4 is 15.5 Å². The Morgan fingerprint density at radius 3 is 1.89 bits per heavy atom. The molecular formula is C21H23N5O2. The first-order chi connectivity index (χ1) is 13.3. The van der Waals surface area contributed by atoms with E-state index in [9.17, 15) is 9.59 Å². The summed E-state index contributed by atoms with van der Waals surface area (Å²) < 4.78 is 0. The highest BCUT2D eigenvalue weighted by Gasteiger charge is 2.12. The van der Waals surface area contributed by atoms with Crippen LogP contribution in [-0.4, -0.2) is 36.1 Å². The molecule has 144 valence electrons. The number of hydrogen-bond donors (Lipinski definition) is 3. The molecule has 0 aliphatic heterocycles. The monoisotopic (exact) mass is 377 g/mol. The summed E-state index contributed by atoms with van der Waals surface area (Å²) in [5, 5.41) is 12.6. The Bertz CT molecular complexity index is 969. The molecule has 28 heavy (non-hydrogen) atoms. The second-order valence-electron chi connectivity index (χ2n) is 6.74. The molecule has 0 aliphatic carbocycles. The molecule has 0 radical (unpaired) electrons. The number of anilines is 3. The van der Waals surface area contributed by atoms with Gasteiger partial charge in [-0.2, -0.15) is 5.10 Å². The number of nitrogens with one attached hydrogen (secondary N) is 3. The number of aryl methyl sites for hydroxylation is 2. The Kier molecular flexibility index (Phi) is 5.44. The molecule has 0 unspecified atom stereocenters. The number of benzene rings is 2. The molecule has 1 heterocycles. The van der Waals surface area contributed by atoms with E-state index >= 15 is 0 Å². The van der Waals surface area contributed by atoms with E-state index in [-0.39, 0.29) is 11.8 Å². The fraction of sp³-hybridized carbons (Fsp3) is 0.190. The van der Waals surface area contributed by atoms with Crippen LogP contribution in [0.3, 0.4) is 0 Å². The Balaban J connectivity index is 1.65. The van der Waals surface area contributed by atoms with Crippen molar-refractivity contribution in [2.45, 2.75) is 13.8 Å². The maximum Gasteiger partial charge on any atom is 0.255 e. The molecule has 0 spiro atoms. The maximum atomic E-state index is 12.4. The molecule has 3 rings (SSSR count). The van der Waals surface area contributed by atoms with Crippen LogP contribution in [0.25, 0.3) is 0 Å². The number of carbonyl (C=O) groups is 2. The molecule has 0 bridgehead atoms. The van der Waals surface area contributed by atoms with E-state index in [1.807, 2.05) is 45.0 Å². The fourth-order valence-electron chi connectivity index (χ4n) is 2.74. The third kappa shape index (κ3) is 4.20. The van der Waals surface area contributed by atoms with Crippen molar-refractivity contribution in [3.63, 3.8) is 0 Å². The topological polar surface area (TPSA) is 90.1 Å². The van der Waals surface area contributed by atoms with Crippen molar-refractivity contribution in [2.75, 3.05) is 29.6 Å². The first kappa shape index (κ1) is 19.2. The molecule has 3 N–H and O–H groups in total. The van der Waals surface area contributed by atoms with Crippen LogP contribution in [0.4, 0.5) is 17.1 Å². The minimum atomic E-state index is -0.232. The number of H-pyrrole nitrogens is 1. The highest BCUT2D eigenvalue weighted by atomic mass is 16.2. The van der Waals surface area contributed by atoms with Crippen molar-refractivity contribution in [2.24, 2.45) is 0 Å². The molecule has 0 saturated carbocycles. The lowest BCUT2D eigenvalue weighted by atomic mass is 10.1. The van der Waals surface area contributed by atoms with Crippen LogP contribution in [0.2, 0.25) is 0 Å². The zero-order valence-corrected chi connectivity index (χ0v) is 16.3. The molecule has 0 fully saturated rings. The van der Waals surface area contributed by atoms with Crippen molar-refractivity contribution >= 4 is 28.9 Å². The SMILES string of the molecule is Cc1n[nH]c(C)c1NC(=O)c1ccc(NC(=O)c2ccc(N(C)C)cc2)cc1. The second kappa shape index (κ2) is 7.96. The third-order valence-electron chi connectivity index (χ3n) is 4.42. The number of aromatic nitrogens is 2. The van der Waals surface area contributed by atoms with Gasteiger partial charge in [-0.25, -0.2) is 0 Å². The molecule has 2 aromatic carbocycles. The number of hydrogen-bond acceptors (Lipinski definition) is 4. The van der Waals surface area contributed by atoms with Crippen LogP contribution >= 0.6 is 0 Å². The lowest BCUT2D eigenvalue weighted by Crippen LogP contribution is -2.14. The largest absolute Gasteiger partial charge is 0.378 e. The molecule has 7 heteroatoms. The van der Waals surface area contributed by atoms with Gasteiger partial charge in [0, 0.05) is 36.6 Å². The molecule has 0 saturated heterocycles. The molecule has 7 nitrogen and oxygen atoms in total. The summed E-state index contributed by atoms with van der Waals surface area (Å²) in [5.74, 6) is -0.433. The first-order valence-corrected chi connectivity index (χ1v) is 8.87. The van der Waals surface area contributed by atoms with E-state index < -0.39 is 0 Å². The van der Waals surface area contributed by atoms with Gasteiger partial charge in [0.05, 0.1) is 17.1 Å². The summed E-state index contributed by atoms with van der Waals surface area (Å²) in [6.07, 6.45) is 0. The zero-order valence-electron chi connectivity index (χ0n) is 16.3. The molecule has 2 amide bonds. The quantitative estimate of drug-likeness (QED) is 0.634. The van der Waals surface area contributed by atoms with Gasteiger partial charge in [-0.05, 0) is 62.4 Å². The first-order valence-electron chi connectivity index (χ1n) is 8.87. The van der Waals surface area contributed by atoms with Gasteiger partial charge < -0.3 is 15.5 Å². The Labute approximate surface area is 163 Å². The number of rotatable bonds is 5. The molecule has 1 aromatic heterocycles. The van der Waals surface area contributed by atoms with Gasteiger partial charge in [-0.15, -0.1) is 0 Å². The smallest absolute Gasteiger partial charge is 0.255 e. The van der Waals surface area contributed by atoms with E-state index in [0.717, 1.165) is 17.1 Å². The number of carbonyl (C=O) groups excluding carboxylic acids is 2. The average Bonchev–Trinajstić information content (AvgIpc) is 3.00. The van der Waals surface area contributed by atoms with Gasteiger partial charge in [0.1, 0.15) is 0 Å². The van der Waals surface area contributed by atoms with Crippen LogP contribution in [0.15, 0.2) is 48.5 Å². The summed E-state index contributed by atoms with van der Waals surface area (Å²) in [6, 6.07) is 14.1. The summed E-state index contributed by atoms with van der Waals surface area (Å²) in [4.78, 5) is 26.8. The van der Waals surface area contributed by atoms with Gasteiger partial charge in [-0.3, -0.25) is 14.7 Å². The lowest BCUT2D eigenvalue weighted by Gasteiger charge is -2.12. The van der Waals surface area contributed by atoms with Gasteiger partial charge in [0.25, 0.3) is 11.8 Å². The van der Waals surface area contributed by atoms with Crippen molar-refractivity contribution in [1.29, 1.82) is 0 Å². The van der Waals surface area contributed by atoms with Crippen LogP contribution in [0.5, 0.6) is 0 Å². The zero-order chi connectivity index (χ0) is 20.3. The molecule has 0 atom stereocenters. The normalized spacial score (nSPS) is 10.4. The fourth-order valence-corrected chi connectivity index (χ4v) is 2.74. The summed E-state index contributed by atoms with van der Waals surface area (Å²) in [5.41, 5.74) is 4.92. The minimum absolute atomic E-state index is 0.202. The number of aromatic amines is 1. The minimum Gasteiger partial charge on any atom is -0.378 e. The molecular weight excluding hydrogens is 354 g/mol. The summed E-state index contributed by atoms with van der Waals surface area (Å²) in [6.45, 7) is 3.67. The molecule has 3 aromatic rings. The van der Waals surface area contributed by atoms with E-state index in [2.05, 4.69) is 20.8 Å². The summed E-state index contributed by atoms with van der Waals surface area (Å²) in [7, 11) is 3.89. The highest BCUT2D eigenvalue weighted by molar-refractivity contribution is 6.06. The Hall–Kier alpha value is -3.61. The third-order valence-corrected chi connectivity index (χ3v) is 4.42. The van der Waals surface area contributed by atoms with E-state index in [1.165, 1.54) is 0 Å². The summed E-state index contributed by atoms with van der Waals surface area (Å²) >= 11 is 0. The van der Waals surface area contributed by atoms with Gasteiger partial charge >= 0.3 is 0 Å². The van der Waals surface area contributed by atoms with Crippen molar-refractivity contribution in [3.05, 3.63) is 71.0 Å². The molecule has 0 aliphatic rings. The van der Waals surface area contributed by atoms with Gasteiger partial charge in [0.2, 0.25) is 0 Å². The number of amides is 2. The van der Waals surface area contributed by atoms with Crippen LogP contribution in [0, 0.1) is 13.8 Å². The standard InChI is InChI=1S/C21H23N5O2/c1-13-19(14(2)25-24-13)23-21(28)15-5-9-17(10-6-15)22-20(27)16-7-11-18(12-8-16)26(3)4/h5-12H,1-4H3,(H,22,27)(H,23,28)(H,24,25). The van der Waals surface area contributed by atoms with Crippen molar-refractivity contribution < 1.29 is 9.59 Å². The predicted octanol–water partition coefficient (Wildman–Crippen LogP) is 3.60. The van der Waals surface area contributed by atoms with Crippen LogP contribution in [0.1, 0.15) is 32.1 Å². The maximum absolute atomic E-state index is 12.4. The highest BCUT2D eigenvalue weighted by Crippen LogP contribution is 2.19. The van der Waals surface area contributed by atoms with Crippen molar-refractivity contribution in [3.8, 4) is 0 Å².